The monoisotopic (exact) mass is 269 g/mol. The van der Waals surface area contributed by atoms with Gasteiger partial charge in [-0.3, -0.25) is 4.79 Å². The summed E-state index contributed by atoms with van der Waals surface area (Å²) in [4.78, 5) is 14.5. The molecule has 19 heavy (non-hydrogen) atoms. The van der Waals surface area contributed by atoms with Crippen LogP contribution in [0.3, 0.4) is 0 Å². The van der Waals surface area contributed by atoms with E-state index in [1.54, 1.807) is 0 Å². The lowest BCUT2D eigenvalue weighted by Gasteiger charge is -2.22. The maximum absolute atomic E-state index is 12.1. The molecule has 1 aliphatic heterocycles. The van der Waals surface area contributed by atoms with Gasteiger partial charge in [-0.2, -0.15) is 0 Å². The van der Waals surface area contributed by atoms with Gasteiger partial charge in [-0.1, -0.05) is 20.8 Å². The van der Waals surface area contributed by atoms with Gasteiger partial charge >= 0.3 is 0 Å². The van der Waals surface area contributed by atoms with Gasteiger partial charge in [0.05, 0.1) is 6.04 Å². The third kappa shape index (κ3) is 5.49. The van der Waals surface area contributed by atoms with Crippen molar-refractivity contribution in [2.45, 2.75) is 59.0 Å². The first-order valence-corrected chi connectivity index (χ1v) is 7.84. The molecule has 1 aliphatic rings. The molecule has 112 valence electrons. The largest absolute Gasteiger partial charge is 0.352 e. The van der Waals surface area contributed by atoms with Crippen LogP contribution in [0.1, 0.15) is 47.0 Å². The molecule has 3 atom stereocenters. The molecule has 3 unspecified atom stereocenters. The van der Waals surface area contributed by atoms with Gasteiger partial charge in [0.1, 0.15) is 0 Å². The van der Waals surface area contributed by atoms with Crippen LogP contribution in [0.2, 0.25) is 0 Å². The second kappa shape index (κ2) is 8.54. The zero-order chi connectivity index (χ0) is 14.3. The molecule has 0 saturated carbocycles. The molecule has 0 aromatic heterocycles. The molecule has 0 radical (unpaired) electrons. The molecule has 0 aliphatic carbocycles. The number of rotatable bonds is 8. The predicted molar refractivity (Wildman–Crippen MR) is 80.2 cm³/mol. The molecule has 2 N–H and O–H groups in total. The Balaban J connectivity index is 2.19. The predicted octanol–water partition coefficient (Wildman–Crippen LogP) is 1.61. The van der Waals surface area contributed by atoms with Crippen LogP contribution in [0, 0.1) is 5.92 Å². The van der Waals surface area contributed by atoms with Gasteiger partial charge < -0.3 is 15.5 Å². The van der Waals surface area contributed by atoms with E-state index in [9.17, 15) is 4.79 Å². The Morgan fingerprint density at radius 2 is 2.11 bits per heavy atom. The number of amides is 1. The molecular weight excluding hydrogens is 238 g/mol. The normalized spacial score (nSPS) is 24.7. The van der Waals surface area contributed by atoms with E-state index >= 15 is 0 Å². The number of nitrogens with zero attached hydrogens (tertiary/aromatic N) is 1. The quantitative estimate of drug-likeness (QED) is 0.704. The van der Waals surface area contributed by atoms with Gasteiger partial charge in [0.2, 0.25) is 5.91 Å². The van der Waals surface area contributed by atoms with E-state index in [-0.39, 0.29) is 18.0 Å². The molecule has 0 bridgehead atoms. The molecule has 0 spiro atoms. The van der Waals surface area contributed by atoms with Crippen molar-refractivity contribution in [3.63, 3.8) is 0 Å². The summed E-state index contributed by atoms with van der Waals surface area (Å²) in [5.74, 6) is 0.642. The third-order valence-electron chi connectivity index (χ3n) is 4.21. The number of nitrogens with one attached hydrogen (secondary N) is 2. The minimum atomic E-state index is 0.0187. The van der Waals surface area contributed by atoms with Crippen LogP contribution < -0.4 is 10.6 Å². The summed E-state index contributed by atoms with van der Waals surface area (Å²) in [6, 6.07) is 0.294. The lowest BCUT2D eigenvalue weighted by atomic mass is 10.0. The van der Waals surface area contributed by atoms with E-state index < -0.39 is 0 Å². The summed E-state index contributed by atoms with van der Waals surface area (Å²) in [5.41, 5.74) is 0. The van der Waals surface area contributed by atoms with Gasteiger partial charge in [0, 0.05) is 6.04 Å². The average molecular weight is 269 g/mol. The highest BCUT2D eigenvalue weighted by Gasteiger charge is 2.29. The first-order valence-electron chi connectivity index (χ1n) is 7.84. The fourth-order valence-electron chi connectivity index (χ4n) is 2.75. The molecule has 0 aromatic rings. The average Bonchev–Trinajstić information content (AvgIpc) is 2.81. The molecule has 1 saturated heterocycles. The van der Waals surface area contributed by atoms with Gasteiger partial charge in [0.25, 0.3) is 0 Å². The standard InChI is InChI=1S/C15H31N3O/c1-5-18(6-2)11-7-8-13(4)17-15(19)14-12(3)9-10-16-14/h12-14,16H,5-11H2,1-4H3,(H,17,19). The van der Waals surface area contributed by atoms with Crippen molar-refractivity contribution in [3.05, 3.63) is 0 Å². The molecular formula is C15H31N3O. The van der Waals surface area contributed by atoms with E-state index in [1.807, 2.05) is 0 Å². The summed E-state index contributed by atoms with van der Waals surface area (Å²) >= 11 is 0. The number of carbonyl (C=O) groups excluding carboxylic acids is 1. The highest BCUT2D eigenvalue weighted by atomic mass is 16.2. The minimum Gasteiger partial charge on any atom is -0.352 e. The van der Waals surface area contributed by atoms with E-state index in [2.05, 4.69) is 43.2 Å². The van der Waals surface area contributed by atoms with Gasteiger partial charge in [-0.05, 0) is 58.3 Å². The van der Waals surface area contributed by atoms with Crippen molar-refractivity contribution in [3.8, 4) is 0 Å². The molecule has 4 heteroatoms. The Morgan fingerprint density at radius 3 is 2.63 bits per heavy atom. The zero-order valence-corrected chi connectivity index (χ0v) is 13.0. The Morgan fingerprint density at radius 1 is 1.42 bits per heavy atom. The van der Waals surface area contributed by atoms with Crippen LogP contribution in [0.4, 0.5) is 0 Å². The Kier molecular flexibility index (Phi) is 7.39. The summed E-state index contributed by atoms with van der Waals surface area (Å²) in [6.45, 7) is 13.0. The van der Waals surface area contributed by atoms with Crippen LogP contribution in [0.15, 0.2) is 0 Å². The fourth-order valence-corrected chi connectivity index (χ4v) is 2.75. The van der Waals surface area contributed by atoms with Crippen LogP contribution in [0.25, 0.3) is 0 Å². The Bertz CT molecular complexity index is 266. The Hall–Kier alpha value is -0.610. The lowest BCUT2D eigenvalue weighted by molar-refractivity contribution is -0.124. The van der Waals surface area contributed by atoms with Gasteiger partial charge in [0.15, 0.2) is 0 Å². The van der Waals surface area contributed by atoms with Crippen molar-refractivity contribution in [1.29, 1.82) is 0 Å². The smallest absolute Gasteiger partial charge is 0.237 e. The van der Waals surface area contributed by atoms with Crippen molar-refractivity contribution in [1.82, 2.24) is 15.5 Å². The molecule has 4 nitrogen and oxygen atoms in total. The van der Waals surface area contributed by atoms with E-state index in [1.165, 1.54) is 0 Å². The molecule has 1 fully saturated rings. The first-order chi connectivity index (χ1) is 9.08. The maximum Gasteiger partial charge on any atom is 0.237 e. The highest BCUT2D eigenvalue weighted by Crippen LogP contribution is 2.14. The number of hydrogen-bond donors (Lipinski definition) is 2. The van der Waals surface area contributed by atoms with Gasteiger partial charge in [-0.15, -0.1) is 0 Å². The van der Waals surface area contributed by atoms with Crippen molar-refractivity contribution in [2.75, 3.05) is 26.2 Å². The van der Waals surface area contributed by atoms with Crippen molar-refractivity contribution in [2.24, 2.45) is 5.92 Å². The first kappa shape index (κ1) is 16.4. The summed E-state index contributed by atoms with van der Waals surface area (Å²) in [7, 11) is 0. The zero-order valence-electron chi connectivity index (χ0n) is 13.0. The molecule has 0 aromatic carbocycles. The van der Waals surface area contributed by atoms with Gasteiger partial charge in [-0.25, -0.2) is 0 Å². The number of carbonyl (C=O) groups is 1. The third-order valence-corrected chi connectivity index (χ3v) is 4.21. The molecule has 1 rings (SSSR count). The molecule has 1 amide bonds. The van der Waals surface area contributed by atoms with Crippen LogP contribution in [-0.4, -0.2) is 49.1 Å². The van der Waals surface area contributed by atoms with E-state index in [0.717, 1.165) is 45.4 Å². The second-order valence-corrected chi connectivity index (χ2v) is 5.78. The minimum absolute atomic E-state index is 0.0187. The van der Waals surface area contributed by atoms with Crippen molar-refractivity contribution < 1.29 is 4.79 Å². The van der Waals surface area contributed by atoms with Crippen molar-refractivity contribution >= 4 is 5.91 Å². The SMILES string of the molecule is CCN(CC)CCCC(C)NC(=O)C1NCCC1C. The van der Waals surface area contributed by atoms with Crippen LogP contribution in [-0.2, 0) is 4.79 Å². The Labute approximate surface area is 118 Å². The topological polar surface area (TPSA) is 44.4 Å². The lowest BCUT2D eigenvalue weighted by Crippen LogP contribution is -2.46. The highest BCUT2D eigenvalue weighted by molar-refractivity contribution is 5.82. The van der Waals surface area contributed by atoms with E-state index in [0.29, 0.717) is 5.92 Å². The van der Waals surface area contributed by atoms with E-state index in [4.69, 9.17) is 0 Å². The summed E-state index contributed by atoms with van der Waals surface area (Å²) in [5, 5.41) is 6.43. The summed E-state index contributed by atoms with van der Waals surface area (Å²) in [6.07, 6.45) is 3.31. The van der Waals surface area contributed by atoms with Crippen LogP contribution in [0.5, 0.6) is 0 Å². The molecule has 1 heterocycles. The van der Waals surface area contributed by atoms with Crippen LogP contribution >= 0.6 is 0 Å². The number of hydrogen-bond acceptors (Lipinski definition) is 3. The fraction of sp³-hybridized carbons (Fsp3) is 0.933. The second-order valence-electron chi connectivity index (χ2n) is 5.78. The summed E-state index contributed by atoms with van der Waals surface area (Å²) < 4.78 is 0. The maximum atomic E-state index is 12.1.